The van der Waals surface area contributed by atoms with Gasteiger partial charge in [-0.05, 0) is 54.1 Å². The predicted octanol–water partition coefficient (Wildman–Crippen LogP) is 6.75. The topological polar surface area (TPSA) is 47.6 Å². The molecule has 0 bridgehead atoms. The van der Waals surface area contributed by atoms with Crippen molar-refractivity contribution in [3.63, 3.8) is 0 Å². The van der Waals surface area contributed by atoms with Crippen molar-refractivity contribution < 1.29 is 14.3 Å². The molecule has 0 saturated heterocycles. The molecule has 0 aliphatic heterocycles. The van der Waals surface area contributed by atoms with Crippen LogP contribution in [-0.2, 0) is 13.2 Å². The Kier molecular flexibility index (Phi) is 7.05. The van der Waals surface area contributed by atoms with Gasteiger partial charge in [-0.3, -0.25) is 4.79 Å². The molecule has 0 aliphatic rings. The van der Waals surface area contributed by atoms with E-state index in [-0.39, 0.29) is 5.91 Å². The Morgan fingerprint density at radius 3 is 2.22 bits per heavy atom. The molecule has 0 saturated carbocycles. The standard InChI is InChI=1S/C27H22ClNO3/c28-26-12-5-4-9-22(26)19-32-25-11-6-10-21(17-25)27(30)29-23-13-15-24(16-14-23)31-18-20-7-2-1-3-8-20/h1-17H,18-19H2,(H,29,30). The summed E-state index contributed by atoms with van der Waals surface area (Å²) in [4.78, 5) is 12.7. The minimum absolute atomic E-state index is 0.217. The number of anilines is 1. The van der Waals surface area contributed by atoms with Crippen LogP contribution < -0.4 is 14.8 Å². The first-order valence-electron chi connectivity index (χ1n) is 10.2. The number of ether oxygens (including phenoxy) is 2. The van der Waals surface area contributed by atoms with Gasteiger partial charge in [0.05, 0.1) is 0 Å². The summed E-state index contributed by atoms with van der Waals surface area (Å²) in [7, 11) is 0. The number of carbonyl (C=O) groups excluding carboxylic acids is 1. The molecule has 5 heteroatoms. The summed E-state index contributed by atoms with van der Waals surface area (Å²) in [5.41, 5.74) is 3.18. The lowest BCUT2D eigenvalue weighted by Crippen LogP contribution is -2.12. The Hall–Kier alpha value is -3.76. The second-order valence-corrected chi connectivity index (χ2v) is 7.57. The normalized spacial score (nSPS) is 10.4. The highest BCUT2D eigenvalue weighted by atomic mass is 35.5. The van der Waals surface area contributed by atoms with E-state index in [4.69, 9.17) is 21.1 Å². The molecule has 4 rings (SSSR count). The van der Waals surface area contributed by atoms with Gasteiger partial charge in [0, 0.05) is 21.8 Å². The Bertz CT molecular complexity index is 1180. The zero-order valence-corrected chi connectivity index (χ0v) is 18.1. The number of benzene rings is 4. The summed E-state index contributed by atoms with van der Waals surface area (Å²) in [6.45, 7) is 0.822. The van der Waals surface area contributed by atoms with Gasteiger partial charge in [0.1, 0.15) is 24.7 Å². The summed E-state index contributed by atoms with van der Waals surface area (Å²) in [5.74, 6) is 1.12. The minimum atomic E-state index is -0.217. The zero-order chi connectivity index (χ0) is 22.2. The molecule has 1 N–H and O–H groups in total. The van der Waals surface area contributed by atoms with Crippen LogP contribution in [0.5, 0.6) is 11.5 Å². The molecule has 0 unspecified atom stereocenters. The van der Waals surface area contributed by atoms with Crippen molar-refractivity contribution in [2.24, 2.45) is 0 Å². The van der Waals surface area contributed by atoms with E-state index in [1.54, 1.807) is 18.2 Å². The average molecular weight is 444 g/mol. The number of hydrogen-bond acceptors (Lipinski definition) is 3. The maximum absolute atomic E-state index is 12.7. The first kappa shape index (κ1) is 21.5. The van der Waals surface area contributed by atoms with Crippen molar-refractivity contribution in [3.8, 4) is 11.5 Å². The first-order chi connectivity index (χ1) is 15.7. The van der Waals surface area contributed by atoms with Crippen LogP contribution in [0.15, 0.2) is 103 Å². The lowest BCUT2D eigenvalue weighted by Gasteiger charge is -2.10. The molecule has 4 nitrogen and oxygen atoms in total. The number of nitrogens with one attached hydrogen (secondary N) is 1. The zero-order valence-electron chi connectivity index (χ0n) is 17.3. The fraction of sp³-hybridized carbons (Fsp3) is 0.0741. The fourth-order valence-electron chi connectivity index (χ4n) is 3.08. The van der Waals surface area contributed by atoms with Crippen LogP contribution in [0.3, 0.4) is 0 Å². The van der Waals surface area contributed by atoms with Crippen molar-refractivity contribution >= 4 is 23.2 Å². The van der Waals surface area contributed by atoms with E-state index in [0.717, 1.165) is 16.9 Å². The maximum Gasteiger partial charge on any atom is 0.255 e. The number of amides is 1. The molecule has 4 aromatic rings. The van der Waals surface area contributed by atoms with Crippen molar-refractivity contribution in [1.82, 2.24) is 0 Å². The summed E-state index contributed by atoms with van der Waals surface area (Å²) >= 11 is 6.17. The lowest BCUT2D eigenvalue weighted by atomic mass is 10.2. The first-order valence-corrected chi connectivity index (χ1v) is 10.6. The Labute approximate surface area is 192 Å². The largest absolute Gasteiger partial charge is 0.489 e. The van der Waals surface area contributed by atoms with Crippen LogP contribution in [-0.4, -0.2) is 5.91 Å². The molecule has 0 aromatic heterocycles. The van der Waals surface area contributed by atoms with Crippen molar-refractivity contribution in [1.29, 1.82) is 0 Å². The van der Waals surface area contributed by atoms with Crippen LogP contribution >= 0.6 is 11.6 Å². The number of hydrogen-bond donors (Lipinski definition) is 1. The summed E-state index contributed by atoms with van der Waals surface area (Å²) in [5, 5.41) is 3.55. The van der Waals surface area contributed by atoms with Gasteiger partial charge in [-0.2, -0.15) is 0 Å². The average Bonchev–Trinajstić information content (AvgIpc) is 2.84. The van der Waals surface area contributed by atoms with E-state index in [9.17, 15) is 4.79 Å². The molecule has 160 valence electrons. The van der Waals surface area contributed by atoms with Crippen molar-refractivity contribution in [3.05, 3.63) is 125 Å². The second-order valence-electron chi connectivity index (χ2n) is 7.16. The SMILES string of the molecule is O=C(Nc1ccc(OCc2ccccc2)cc1)c1cccc(OCc2ccccc2Cl)c1. The highest BCUT2D eigenvalue weighted by Crippen LogP contribution is 2.21. The number of carbonyl (C=O) groups is 1. The number of rotatable bonds is 8. The summed E-state index contributed by atoms with van der Waals surface area (Å²) < 4.78 is 11.6. The van der Waals surface area contributed by atoms with Gasteiger partial charge < -0.3 is 14.8 Å². The molecular formula is C27H22ClNO3. The Morgan fingerprint density at radius 2 is 1.44 bits per heavy atom. The van der Waals surface area contributed by atoms with E-state index in [1.165, 1.54) is 0 Å². The predicted molar refractivity (Wildman–Crippen MR) is 127 cm³/mol. The van der Waals surface area contributed by atoms with Gasteiger partial charge in [0.2, 0.25) is 0 Å². The molecule has 0 aliphatic carbocycles. The van der Waals surface area contributed by atoms with Gasteiger partial charge in [-0.25, -0.2) is 0 Å². The fourth-order valence-corrected chi connectivity index (χ4v) is 3.27. The molecule has 4 aromatic carbocycles. The molecule has 0 heterocycles. The molecule has 0 atom stereocenters. The third kappa shape index (κ3) is 5.90. The van der Waals surface area contributed by atoms with Crippen LogP contribution in [0.2, 0.25) is 5.02 Å². The van der Waals surface area contributed by atoms with E-state index < -0.39 is 0 Å². The van der Waals surface area contributed by atoms with Crippen LogP contribution in [0.1, 0.15) is 21.5 Å². The molecule has 0 spiro atoms. The second kappa shape index (κ2) is 10.5. The third-order valence-corrected chi connectivity index (χ3v) is 5.18. The molecule has 32 heavy (non-hydrogen) atoms. The molecule has 0 fully saturated rings. The molecule has 1 amide bonds. The monoisotopic (exact) mass is 443 g/mol. The van der Waals surface area contributed by atoms with E-state index >= 15 is 0 Å². The van der Waals surface area contributed by atoms with Gasteiger partial charge in [0.25, 0.3) is 5.91 Å². The smallest absolute Gasteiger partial charge is 0.255 e. The van der Waals surface area contributed by atoms with Gasteiger partial charge in [-0.15, -0.1) is 0 Å². The molecular weight excluding hydrogens is 422 g/mol. The van der Waals surface area contributed by atoms with Gasteiger partial charge in [-0.1, -0.05) is 66.2 Å². The van der Waals surface area contributed by atoms with Gasteiger partial charge in [0.15, 0.2) is 0 Å². The van der Waals surface area contributed by atoms with E-state index in [1.807, 2.05) is 84.9 Å². The van der Waals surface area contributed by atoms with E-state index in [2.05, 4.69) is 5.32 Å². The molecule has 0 radical (unpaired) electrons. The number of halogens is 1. The highest BCUT2D eigenvalue weighted by Gasteiger charge is 2.08. The summed E-state index contributed by atoms with van der Waals surface area (Å²) in [6, 6.07) is 31.8. The van der Waals surface area contributed by atoms with Crippen molar-refractivity contribution in [2.45, 2.75) is 13.2 Å². The quantitative estimate of drug-likeness (QED) is 0.327. The lowest BCUT2D eigenvalue weighted by molar-refractivity contribution is 0.102. The van der Waals surface area contributed by atoms with E-state index in [0.29, 0.717) is 35.2 Å². The Balaban J connectivity index is 1.33. The van der Waals surface area contributed by atoms with Crippen molar-refractivity contribution in [2.75, 3.05) is 5.32 Å². The third-order valence-electron chi connectivity index (χ3n) is 4.81. The maximum atomic E-state index is 12.7. The van der Waals surface area contributed by atoms with Crippen LogP contribution in [0.25, 0.3) is 0 Å². The van der Waals surface area contributed by atoms with Crippen LogP contribution in [0, 0.1) is 0 Å². The van der Waals surface area contributed by atoms with Crippen LogP contribution in [0.4, 0.5) is 5.69 Å². The Morgan fingerprint density at radius 1 is 0.719 bits per heavy atom. The highest BCUT2D eigenvalue weighted by molar-refractivity contribution is 6.31. The minimum Gasteiger partial charge on any atom is -0.489 e. The summed E-state index contributed by atoms with van der Waals surface area (Å²) in [6.07, 6.45) is 0. The van der Waals surface area contributed by atoms with Gasteiger partial charge >= 0.3 is 0 Å².